The Bertz CT molecular complexity index is 609. The van der Waals surface area contributed by atoms with E-state index in [0.717, 1.165) is 6.42 Å². The summed E-state index contributed by atoms with van der Waals surface area (Å²) in [6.07, 6.45) is 3.81. The largest absolute Gasteiger partial charge is 0.378 e. The fourth-order valence-corrected chi connectivity index (χ4v) is 4.82. The van der Waals surface area contributed by atoms with Crippen LogP contribution in [-0.2, 0) is 24.3 Å². The average molecular weight is 373 g/mol. The van der Waals surface area contributed by atoms with E-state index in [1.165, 1.54) is 10.6 Å². The van der Waals surface area contributed by atoms with Crippen LogP contribution in [0.15, 0.2) is 0 Å². The summed E-state index contributed by atoms with van der Waals surface area (Å²) >= 11 is 0. The SMILES string of the molecule is CS(=O)(=O)N1CCC(C(=O)N2CCC[C@@H]2C(=O)N2CCOCC2)CC1. The van der Waals surface area contributed by atoms with Crippen LogP contribution in [0.2, 0.25) is 0 Å². The first-order chi connectivity index (χ1) is 11.9. The molecule has 8 nitrogen and oxygen atoms in total. The van der Waals surface area contributed by atoms with Gasteiger partial charge in [0.15, 0.2) is 0 Å². The highest BCUT2D eigenvalue weighted by molar-refractivity contribution is 7.88. The molecule has 0 bridgehead atoms. The van der Waals surface area contributed by atoms with Crippen LogP contribution in [0.1, 0.15) is 25.7 Å². The summed E-state index contributed by atoms with van der Waals surface area (Å²) in [5, 5.41) is 0. The Morgan fingerprint density at radius 2 is 1.56 bits per heavy atom. The lowest BCUT2D eigenvalue weighted by Crippen LogP contribution is -2.53. The number of morpholine rings is 1. The monoisotopic (exact) mass is 373 g/mol. The number of carbonyl (C=O) groups is 2. The molecular weight excluding hydrogens is 346 g/mol. The van der Waals surface area contributed by atoms with Gasteiger partial charge >= 0.3 is 0 Å². The van der Waals surface area contributed by atoms with Crippen molar-refractivity contribution in [1.29, 1.82) is 0 Å². The van der Waals surface area contributed by atoms with Gasteiger partial charge in [0.1, 0.15) is 6.04 Å². The van der Waals surface area contributed by atoms with Crippen molar-refractivity contribution in [1.82, 2.24) is 14.1 Å². The molecule has 3 aliphatic rings. The predicted molar refractivity (Wildman–Crippen MR) is 91.3 cm³/mol. The average Bonchev–Trinajstić information content (AvgIpc) is 3.10. The number of rotatable bonds is 3. The van der Waals surface area contributed by atoms with Crippen molar-refractivity contribution in [2.75, 3.05) is 52.2 Å². The van der Waals surface area contributed by atoms with Crippen molar-refractivity contribution >= 4 is 21.8 Å². The number of hydrogen-bond donors (Lipinski definition) is 0. The van der Waals surface area contributed by atoms with Gasteiger partial charge < -0.3 is 14.5 Å². The van der Waals surface area contributed by atoms with Gasteiger partial charge in [0, 0.05) is 38.6 Å². The molecule has 0 N–H and O–H groups in total. The maximum absolute atomic E-state index is 12.9. The Labute approximate surface area is 149 Å². The van der Waals surface area contributed by atoms with Gasteiger partial charge in [0.05, 0.1) is 19.5 Å². The number of sulfonamides is 1. The predicted octanol–water partition coefficient (Wildman–Crippen LogP) is -0.492. The maximum Gasteiger partial charge on any atom is 0.245 e. The molecule has 9 heteroatoms. The van der Waals surface area contributed by atoms with Crippen molar-refractivity contribution in [2.24, 2.45) is 5.92 Å². The van der Waals surface area contributed by atoms with Crippen LogP contribution < -0.4 is 0 Å². The summed E-state index contributed by atoms with van der Waals surface area (Å²) in [5.74, 6) is -0.143. The highest BCUT2D eigenvalue weighted by Crippen LogP contribution is 2.27. The zero-order valence-electron chi connectivity index (χ0n) is 14.7. The molecule has 0 spiro atoms. The second kappa shape index (κ2) is 7.59. The molecule has 0 aromatic carbocycles. The molecular formula is C16H27N3O5S. The van der Waals surface area contributed by atoms with Crippen LogP contribution in [0, 0.1) is 5.92 Å². The van der Waals surface area contributed by atoms with E-state index in [1.807, 2.05) is 0 Å². The Balaban J connectivity index is 1.60. The Kier molecular flexibility index (Phi) is 5.65. The smallest absolute Gasteiger partial charge is 0.245 e. The van der Waals surface area contributed by atoms with Gasteiger partial charge in [-0.25, -0.2) is 12.7 Å². The lowest BCUT2D eigenvalue weighted by Gasteiger charge is -2.36. The van der Waals surface area contributed by atoms with Gasteiger partial charge in [-0.05, 0) is 25.7 Å². The minimum absolute atomic E-state index is 0.0114. The molecule has 3 heterocycles. The summed E-state index contributed by atoms with van der Waals surface area (Å²) in [5.41, 5.74) is 0. The Hall–Kier alpha value is -1.19. The first-order valence-electron chi connectivity index (χ1n) is 9.00. The third kappa shape index (κ3) is 4.15. The second-order valence-corrected chi connectivity index (χ2v) is 9.05. The molecule has 3 saturated heterocycles. The number of nitrogens with zero attached hydrogens (tertiary/aromatic N) is 3. The van der Waals surface area contributed by atoms with Gasteiger partial charge in [0.25, 0.3) is 0 Å². The molecule has 0 unspecified atom stereocenters. The van der Waals surface area contributed by atoms with E-state index in [9.17, 15) is 18.0 Å². The number of likely N-dealkylation sites (tertiary alicyclic amines) is 1. The van der Waals surface area contributed by atoms with E-state index >= 15 is 0 Å². The normalized spacial score (nSPS) is 26.8. The van der Waals surface area contributed by atoms with Crippen LogP contribution >= 0.6 is 0 Å². The molecule has 0 aromatic heterocycles. The van der Waals surface area contributed by atoms with E-state index in [1.54, 1.807) is 9.80 Å². The molecule has 3 aliphatic heterocycles. The topological polar surface area (TPSA) is 87.2 Å². The van der Waals surface area contributed by atoms with Crippen molar-refractivity contribution in [2.45, 2.75) is 31.7 Å². The van der Waals surface area contributed by atoms with E-state index in [-0.39, 0.29) is 23.8 Å². The van der Waals surface area contributed by atoms with Crippen LogP contribution in [0.5, 0.6) is 0 Å². The van der Waals surface area contributed by atoms with Crippen LogP contribution in [-0.4, -0.2) is 92.6 Å². The molecule has 0 radical (unpaired) electrons. The zero-order valence-corrected chi connectivity index (χ0v) is 15.5. The minimum Gasteiger partial charge on any atom is -0.378 e. The lowest BCUT2D eigenvalue weighted by molar-refractivity contribution is -0.148. The summed E-state index contributed by atoms with van der Waals surface area (Å²) in [6, 6.07) is -0.362. The van der Waals surface area contributed by atoms with E-state index < -0.39 is 10.0 Å². The second-order valence-electron chi connectivity index (χ2n) is 7.06. The highest BCUT2D eigenvalue weighted by Gasteiger charge is 2.40. The maximum atomic E-state index is 12.9. The standard InChI is InChI=1S/C16H27N3O5S/c1-25(22,23)18-7-4-13(5-8-18)15(20)19-6-2-3-14(19)16(21)17-9-11-24-12-10-17/h13-14H,2-12H2,1H3/t14-/m1/s1. The van der Waals surface area contributed by atoms with Crippen molar-refractivity contribution in [3.05, 3.63) is 0 Å². The van der Waals surface area contributed by atoms with Gasteiger partial charge in [-0.3, -0.25) is 9.59 Å². The summed E-state index contributed by atoms with van der Waals surface area (Å²) in [4.78, 5) is 29.2. The summed E-state index contributed by atoms with van der Waals surface area (Å²) < 4.78 is 29.9. The number of piperidine rings is 1. The summed E-state index contributed by atoms with van der Waals surface area (Å²) in [7, 11) is -3.20. The molecule has 25 heavy (non-hydrogen) atoms. The van der Waals surface area contributed by atoms with Crippen molar-refractivity contribution in [3.8, 4) is 0 Å². The number of hydrogen-bond acceptors (Lipinski definition) is 5. The first-order valence-corrected chi connectivity index (χ1v) is 10.8. The molecule has 3 rings (SSSR count). The van der Waals surface area contributed by atoms with Crippen LogP contribution in [0.25, 0.3) is 0 Å². The van der Waals surface area contributed by atoms with E-state index in [2.05, 4.69) is 0 Å². The fraction of sp³-hybridized carbons (Fsp3) is 0.875. The van der Waals surface area contributed by atoms with Crippen LogP contribution in [0.3, 0.4) is 0 Å². The number of amides is 2. The summed E-state index contributed by atoms with van der Waals surface area (Å²) in [6.45, 7) is 3.66. The number of ether oxygens (including phenoxy) is 1. The van der Waals surface area contributed by atoms with Gasteiger partial charge in [0.2, 0.25) is 21.8 Å². The van der Waals surface area contributed by atoms with Gasteiger partial charge in [-0.15, -0.1) is 0 Å². The Morgan fingerprint density at radius 3 is 2.16 bits per heavy atom. The van der Waals surface area contributed by atoms with Crippen LogP contribution in [0.4, 0.5) is 0 Å². The van der Waals surface area contributed by atoms with Crippen molar-refractivity contribution in [3.63, 3.8) is 0 Å². The highest BCUT2D eigenvalue weighted by atomic mass is 32.2. The molecule has 0 saturated carbocycles. The fourth-order valence-electron chi connectivity index (χ4n) is 3.95. The quantitative estimate of drug-likeness (QED) is 0.666. The Morgan fingerprint density at radius 1 is 0.920 bits per heavy atom. The minimum atomic E-state index is -3.20. The molecule has 1 atom stereocenters. The van der Waals surface area contributed by atoms with E-state index in [4.69, 9.17) is 4.74 Å². The molecule has 2 amide bonds. The number of carbonyl (C=O) groups excluding carboxylic acids is 2. The van der Waals surface area contributed by atoms with E-state index in [0.29, 0.717) is 65.2 Å². The van der Waals surface area contributed by atoms with Gasteiger partial charge in [-0.2, -0.15) is 0 Å². The third-order valence-corrected chi connectivity index (χ3v) is 6.72. The molecule has 142 valence electrons. The zero-order chi connectivity index (χ0) is 18.0. The molecule has 0 aliphatic carbocycles. The molecule has 3 fully saturated rings. The first kappa shape index (κ1) is 18.6. The third-order valence-electron chi connectivity index (χ3n) is 5.42. The van der Waals surface area contributed by atoms with Gasteiger partial charge in [-0.1, -0.05) is 0 Å². The lowest BCUT2D eigenvalue weighted by atomic mass is 9.96. The molecule has 0 aromatic rings. The van der Waals surface area contributed by atoms with Crippen molar-refractivity contribution < 1.29 is 22.7 Å².